The lowest BCUT2D eigenvalue weighted by molar-refractivity contribution is 0.461. The molecule has 1 aliphatic heterocycles. The number of fused-ring (bicyclic) bond motifs is 1. The minimum absolute atomic E-state index is 0.269. The molecule has 0 radical (unpaired) electrons. The molecular formula is C17H23N3. The summed E-state index contributed by atoms with van der Waals surface area (Å²) in [4.78, 5) is 4.71. The molecule has 1 unspecified atom stereocenters. The molecule has 0 aliphatic carbocycles. The zero-order valence-corrected chi connectivity index (χ0v) is 12.8. The highest BCUT2D eigenvalue weighted by atomic mass is 15.1. The molecule has 0 spiro atoms. The quantitative estimate of drug-likeness (QED) is 0.864. The van der Waals surface area contributed by atoms with Crippen molar-refractivity contribution in [2.24, 2.45) is 5.73 Å². The maximum Gasteiger partial charge on any atom is 0.0956 e. The third-order valence-electron chi connectivity index (χ3n) is 4.73. The summed E-state index contributed by atoms with van der Waals surface area (Å²) in [5.74, 6) is 0. The van der Waals surface area contributed by atoms with Gasteiger partial charge in [-0.05, 0) is 62.8 Å². The van der Waals surface area contributed by atoms with Gasteiger partial charge in [-0.15, -0.1) is 0 Å². The van der Waals surface area contributed by atoms with E-state index < -0.39 is 0 Å². The molecule has 0 saturated carbocycles. The molecule has 1 aromatic heterocycles. The van der Waals surface area contributed by atoms with Gasteiger partial charge in [0.15, 0.2) is 0 Å². The van der Waals surface area contributed by atoms with Gasteiger partial charge in [-0.3, -0.25) is 0 Å². The number of benzene rings is 1. The van der Waals surface area contributed by atoms with E-state index in [9.17, 15) is 0 Å². The summed E-state index contributed by atoms with van der Waals surface area (Å²) in [5, 5.41) is 0. The van der Waals surface area contributed by atoms with E-state index in [-0.39, 0.29) is 6.04 Å². The van der Waals surface area contributed by atoms with Gasteiger partial charge in [0.25, 0.3) is 0 Å². The Balaban J connectivity index is 2.20. The van der Waals surface area contributed by atoms with Crippen LogP contribution in [0.5, 0.6) is 0 Å². The molecule has 1 aromatic carbocycles. The first-order chi connectivity index (χ1) is 9.49. The first kappa shape index (κ1) is 13.4. The van der Waals surface area contributed by atoms with Gasteiger partial charge in [-0.1, -0.05) is 6.07 Å². The molecular weight excluding hydrogens is 246 g/mol. The summed E-state index contributed by atoms with van der Waals surface area (Å²) in [6, 6.07) is 2.54. The second-order valence-electron chi connectivity index (χ2n) is 6.13. The highest BCUT2D eigenvalue weighted by Crippen LogP contribution is 2.34. The minimum atomic E-state index is 0.269. The van der Waals surface area contributed by atoms with Crippen LogP contribution in [-0.2, 0) is 13.0 Å². The van der Waals surface area contributed by atoms with E-state index in [2.05, 4.69) is 38.3 Å². The van der Waals surface area contributed by atoms with Gasteiger partial charge in [0.2, 0.25) is 0 Å². The van der Waals surface area contributed by atoms with Crippen LogP contribution in [0.1, 0.15) is 34.4 Å². The van der Waals surface area contributed by atoms with Crippen molar-refractivity contribution in [1.82, 2.24) is 9.55 Å². The van der Waals surface area contributed by atoms with Gasteiger partial charge in [-0.25, -0.2) is 4.98 Å². The SMILES string of the molecule is Cc1cc(C)c(C)c(-c2ncn3c2CCC(N)C3)c1C. The summed E-state index contributed by atoms with van der Waals surface area (Å²) in [5.41, 5.74) is 15.3. The van der Waals surface area contributed by atoms with Crippen LogP contribution < -0.4 is 5.73 Å². The molecule has 0 fully saturated rings. The molecule has 106 valence electrons. The summed E-state index contributed by atoms with van der Waals surface area (Å²) in [6.07, 6.45) is 4.05. The second-order valence-corrected chi connectivity index (χ2v) is 6.13. The predicted molar refractivity (Wildman–Crippen MR) is 82.9 cm³/mol. The summed E-state index contributed by atoms with van der Waals surface area (Å²) >= 11 is 0. The number of hydrogen-bond acceptors (Lipinski definition) is 2. The summed E-state index contributed by atoms with van der Waals surface area (Å²) in [6.45, 7) is 9.67. The Hall–Kier alpha value is -1.61. The van der Waals surface area contributed by atoms with Crippen molar-refractivity contribution in [2.45, 2.75) is 53.1 Å². The van der Waals surface area contributed by atoms with Gasteiger partial charge >= 0.3 is 0 Å². The number of nitrogens with two attached hydrogens (primary N) is 1. The number of rotatable bonds is 1. The molecule has 0 amide bonds. The van der Waals surface area contributed by atoms with Crippen molar-refractivity contribution < 1.29 is 0 Å². The van der Waals surface area contributed by atoms with E-state index in [1.165, 1.54) is 39.2 Å². The lowest BCUT2D eigenvalue weighted by Crippen LogP contribution is -2.31. The average molecular weight is 269 g/mol. The molecule has 3 heteroatoms. The Morgan fingerprint density at radius 3 is 2.45 bits per heavy atom. The van der Waals surface area contributed by atoms with Crippen molar-refractivity contribution in [1.29, 1.82) is 0 Å². The fourth-order valence-corrected chi connectivity index (χ4v) is 3.27. The third kappa shape index (κ3) is 1.97. The fraction of sp³-hybridized carbons (Fsp3) is 0.471. The van der Waals surface area contributed by atoms with Crippen LogP contribution in [0.2, 0.25) is 0 Å². The molecule has 2 heterocycles. The van der Waals surface area contributed by atoms with Crippen LogP contribution in [0.25, 0.3) is 11.3 Å². The van der Waals surface area contributed by atoms with Crippen molar-refractivity contribution in [3.05, 3.63) is 40.3 Å². The largest absolute Gasteiger partial charge is 0.332 e. The standard InChI is InChI=1S/C17H23N3/c1-10-7-11(2)13(4)16(12(10)3)17-15-6-5-14(18)8-20(15)9-19-17/h7,9,14H,5-6,8,18H2,1-4H3. The van der Waals surface area contributed by atoms with Gasteiger partial charge in [-0.2, -0.15) is 0 Å². The van der Waals surface area contributed by atoms with Crippen LogP contribution in [0, 0.1) is 27.7 Å². The smallest absolute Gasteiger partial charge is 0.0956 e. The van der Waals surface area contributed by atoms with Crippen LogP contribution in [-0.4, -0.2) is 15.6 Å². The highest BCUT2D eigenvalue weighted by Gasteiger charge is 2.22. The Kier molecular flexibility index (Phi) is 3.17. The normalized spacial score (nSPS) is 18.1. The van der Waals surface area contributed by atoms with Gasteiger partial charge in [0.05, 0.1) is 12.0 Å². The molecule has 1 aliphatic rings. The van der Waals surface area contributed by atoms with Crippen LogP contribution >= 0.6 is 0 Å². The first-order valence-electron chi connectivity index (χ1n) is 7.36. The number of nitrogens with zero attached hydrogens (tertiary/aromatic N) is 2. The topological polar surface area (TPSA) is 43.8 Å². The van der Waals surface area contributed by atoms with E-state index in [0.717, 1.165) is 19.4 Å². The van der Waals surface area contributed by atoms with E-state index in [4.69, 9.17) is 10.7 Å². The molecule has 0 saturated heterocycles. The van der Waals surface area contributed by atoms with E-state index >= 15 is 0 Å². The van der Waals surface area contributed by atoms with Crippen molar-refractivity contribution in [3.63, 3.8) is 0 Å². The second kappa shape index (κ2) is 4.74. The molecule has 20 heavy (non-hydrogen) atoms. The minimum Gasteiger partial charge on any atom is -0.332 e. The monoisotopic (exact) mass is 269 g/mol. The summed E-state index contributed by atoms with van der Waals surface area (Å²) < 4.78 is 2.24. The van der Waals surface area contributed by atoms with Crippen molar-refractivity contribution in [2.75, 3.05) is 0 Å². The van der Waals surface area contributed by atoms with Gasteiger partial charge in [0.1, 0.15) is 0 Å². The third-order valence-corrected chi connectivity index (χ3v) is 4.73. The maximum atomic E-state index is 6.06. The lowest BCUT2D eigenvalue weighted by Gasteiger charge is -2.22. The van der Waals surface area contributed by atoms with Crippen LogP contribution in [0.3, 0.4) is 0 Å². The van der Waals surface area contributed by atoms with Crippen LogP contribution in [0.15, 0.2) is 12.4 Å². The maximum absolute atomic E-state index is 6.06. The number of aromatic nitrogens is 2. The number of aryl methyl sites for hydroxylation is 2. The van der Waals surface area contributed by atoms with Crippen molar-refractivity contribution >= 4 is 0 Å². The molecule has 1 atom stereocenters. The predicted octanol–water partition coefficient (Wildman–Crippen LogP) is 3.06. The van der Waals surface area contributed by atoms with Gasteiger partial charge < -0.3 is 10.3 Å². The first-order valence-corrected chi connectivity index (χ1v) is 7.36. The zero-order valence-electron chi connectivity index (χ0n) is 12.8. The highest BCUT2D eigenvalue weighted by molar-refractivity contribution is 5.72. The van der Waals surface area contributed by atoms with E-state index in [1.807, 2.05) is 6.33 Å². The Bertz CT molecular complexity index is 641. The average Bonchev–Trinajstić information content (AvgIpc) is 2.80. The molecule has 2 aromatic rings. The molecule has 3 nitrogen and oxygen atoms in total. The Morgan fingerprint density at radius 2 is 1.80 bits per heavy atom. The van der Waals surface area contributed by atoms with Crippen LogP contribution in [0.4, 0.5) is 0 Å². The van der Waals surface area contributed by atoms with E-state index in [1.54, 1.807) is 0 Å². The van der Waals surface area contributed by atoms with Crippen molar-refractivity contribution in [3.8, 4) is 11.3 Å². The molecule has 0 bridgehead atoms. The van der Waals surface area contributed by atoms with Gasteiger partial charge in [0, 0.05) is 23.8 Å². The fourth-order valence-electron chi connectivity index (χ4n) is 3.27. The molecule has 2 N–H and O–H groups in total. The number of imidazole rings is 1. The Morgan fingerprint density at radius 1 is 1.15 bits per heavy atom. The van der Waals surface area contributed by atoms with E-state index in [0.29, 0.717) is 0 Å². The Labute approximate surface area is 120 Å². The lowest BCUT2D eigenvalue weighted by atomic mass is 9.90. The number of hydrogen-bond donors (Lipinski definition) is 1. The summed E-state index contributed by atoms with van der Waals surface area (Å²) in [7, 11) is 0. The zero-order chi connectivity index (χ0) is 14.4. The molecule has 3 rings (SSSR count).